The summed E-state index contributed by atoms with van der Waals surface area (Å²) >= 11 is 6.06. The van der Waals surface area contributed by atoms with Crippen molar-refractivity contribution in [1.29, 1.82) is 0 Å². The van der Waals surface area contributed by atoms with Crippen LogP contribution in [-0.4, -0.2) is 10.6 Å². The fraction of sp³-hybridized carbons (Fsp3) is 0.0556. The summed E-state index contributed by atoms with van der Waals surface area (Å²) in [6, 6.07) is 18.7. The smallest absolute Gasteiger partial charge is 0.319 e. The second kappa shape index (κ2) is 7.03. The minimum atomic E-state index is -0.265. The van der Waals surface area contributed by atoms with Crippen molar-refractivity contribution < 1.29 is 4.79 Å². The van der Waals surface area contributed by atoms with Gasteiger partial charge in [-0.25, -0.2) is 4.79 Å². The van der Waals surface area contributed by atoms with Crippen LogP contribution in [-0.2, 0) is 6.54 Å². The molecule has 0 bridgehead atoms. The molecule has 2 amide bonds. The van der Waals surface area contributed by atoms with E-state index in [1.165, 1.54) is 0 Å². The second-order valence-corrected chi connectivity index (χ2v) is 5.44. The highest BCUT2D eigenvalue weighted by atomic mass is 35.5. The van der Waals surface area contributed by atoms with E-state index in [-0.39, 0.29) is 6.03 Å². The molecule has 116 valence electrons. The van der Waals surface area contributed by atoms with Crippen molar-refractivity contribution >= 4 is 23.3 Å². The number of urea groups is 1. The van der Waals surface area contributed by atoms with Crippen molar-refractivity contribution in [2.24, 2.45) is 0 Å². The number of hydrogen-bond donors (Lipinski definition) is 2. The predicted molar refractivity (Wildman–Crippen MR) is 93.1 cm³/mol. The van der Waals surface area contributed by atoms with Crippen LogP contribution in [0.4, 0.5) is 10.5 Å². The molecule has 2 aromatic carbocycles. The summed E-state index contributed by atoms with van der Waals surface area (Å²) in [6.45, 7) is 0.382. The Balaban J connectivity index is 1.57. The first-order chi connectivity index (χ1) is 11.2. The van der Waals surface area contributed by atoms with Gasteiger partial charge in [-0.05, 0) is 48.0 Å². The first-order valence-corrected chi connectivity index (χ1v) is 7.62. The van der Waals surface area contributed by atoms with Crippen LogP contribution in [0.15, 0.2) is 73.1 Å². The van der Waals surface area contributed by atoms with E-state index in [1.807, 2.05) is 71.6 Å². The number of nitrogens with one attached hydrogen (secondary N) is 2. The molecule has 3 rings (SSSR count). The Kier molecular flexibility index (Phi) is 4.64. The molecule has 0 unspecified atom stereocenters. The lowest BCUT2D eigenvalue weighted by Gasteiger charge is -2.09. The van der Waals surface area contributed by atoms with Crippen LogP contribution in [0.25, 0.3) is 5.69 Å². The standard InChI is InChI=1S/C18H16ClN3O/c19-17-6-2-1-5-14(17)13-20-18(23)21-15-7-9-16(10-8-15)22-11-3-4-12-22/h1-12H,13H2,(H2,20,21,23). The third-order valence-corrected chi connectivity index (χ3v) is 3.79. The summed E-state index contributed by atoms with van der Waals surface area (Å²) in [5.74, 6) is 0. The van der Waals surface area contributed by atoms with E-state index < -0.39 is 0 Å². The SMILES string of the molecule is O=C(NCc1ccccc1Cl)Nc1ccc(-n2cccc2)cc1. The largest absolute Gasteiger partial charge is 0.334 e. The number of rotatable bonds is 4. The van der Waals surface area contributed by atoms with Crippen LogP contribution in [0.2, 0.25) is 5.02 Å². The molecule has 1 heterocycles. The first kappa shape index (κ1) is 15.2. The van der Waals surface area contributed by atoms with Crippen molar-refractivity contribution in [3.05, 3.63) is 83.6 Å². The van der Waals surface area contributed by atoms with Gasteiger partial charge in [0.05, 0.1) is 0 Å². The molecule has 5 heteroatoms. The molecule has 1 aromatic heterocycles. The molecule has 4 nitrogen and oxygen atoms in total. The lowest BCUT2D eigenvalue weighted by atomic mass is 10.2. The van der Waals surface area contributed by atoms with Crippen molar-refractivity contribution in [2.45, 2.75) is 6.54 Å². The monoisotopic (exact) mass is 325 g/mol. The normalized spacial score (nSPS) is 10.3. The van der Waals surface area contributed by atoms with Gasteiger partial charge in [-0.2, -0.15) is 0 Å². The van der Waals surface area contributed by atoms with E-state index in [1.54, 1.807) is 6.07 Å². The highest BCUT2D eigenvalue weighted by molar-refractivity contribution is 6.31. The molecule has 0 fully saturated rings. The van der Waals surface area contributed by atoms with Crippen molar-refractivity contribution in [2.75, 3.05) is 5.32 Å². The zero-order valence-electron chi connectivity index (χ0n) is 12.4. The van der Waals surface area contributed by atoms with Gasteiger partial charge in [-0.1, -0.05) is 29.8 Å². The Labute approximate surface area is 139 Å². The Morgan fingerprint density at radius 1 is 0.957 bits per heavy atom. The second-order valence-electron chi connectivity index (χ2n) is 5.04. The van der Waals surface area contributed by atoms with E-state index in [0.717, 1.165) is 16.9 Å². The maximum absolute atomic E-state index is 11.9. The maximum Gasteiger partial charge on any atom is 0.319 e. The van der Waals surface area contributed by atoms with Crippen LogP contribution >= 0.6 is 11.6 Å². The van der Waals surface area contributed by atoms with Gasteiger partial charge in [0.15, 0.2) is 0 Å². The van der Waals surface area contributed by atoms with Gasteiger partial charge >= 0.3 is 6.03 Å². The Morgan fingerprint density at radius 3 is 2.35 bits per heavy atom. The van der Waals surface area contributed by atoms with E-state index in [0.29, 0.717) is 11.6 Å². The molecule has 2 N–H and O–H groups in total. The maximum atomic E-state index is 11.9. The highest BCUT2D eigenvalue weighted by Gasteiger charge is 2.04. The van der Waals surface area contributed by atoms with Gasteiger partial charge in [0.25, 0.3) is 0 Å². The highest BCUT2D eigenvalue weighted by Crippen LogP contribution is 2.15. The summed E-state index contributed by atoms with van der Waals surface area (Å²) in [7, 11) is 0. The summed E-state index contributed by atoms with van der Waals surface area (Å²) in [5, 5.41) is 6.23. The number of nitrogens with zero attached hydrogens (tertiary/aromatic N) is 1. The van der Waals surface area contributed by atoms with Crippen molar-refractivity contribution in [3.8, 4) is 5.69 Å². The zero-order chi connectivity index (χ0) is 16.1. The molecule has 0 radical (unpaired) electrons. The minimum absolute atomic E-state index is 0.265. The van der Waals surface area contributed by atoms with Gasteiger partial charge < -0.3 is 15.2 Å². The molecule has 0 spiro atoms. The van der Waals surface area contributed by atoms with Gasteiger partial charge in [0.2, 0.25) is 0 Å². The molecular weight excluding hydrogens is 310 g/mol. The van der Waals surface area contributed by atoms with E-state index in [4.69, 9.17) is 11.6 Å². The van der Waals surface area contributed by atoms with Crippen LogP contribution in [0.1, 0.15) is 5.56 Å². The van der Waals surface area contributed by atoms with Crippen LogP contribution in [0.5, 0.6) is 0 Å². The zero-order valence-corrected chi connectivity index (χ0v) is 13.1. The average Bonchev–Trinajstić information content (AvgIpc) is 3.09. The molecular formula is C18H16ClN3O. The Morgan fingerprint density at radius 2 is 1.65 bits per heavy atom. The molecule has 3 aromatic rings. The quantitative estimate of drug-likeness (QED) is 0.731. The summed E-state index contributed by atoms with van der Waals surface area (Å²) in [4.78, 5) is 11.9. The first-order valence-electron chi connectivity index (χ1n) is 7.24. The summed E-state index contributed by atoms with van der Waals surface area (Å²) in [5.41, 5.74) is 2.65. The topological polar surface area (TPSA) is 46.1 Å². The number of hydrogen-bond acceptors (Lipinski definition) is 1. The van der Waals surface area contributed by atoms with Gasteiger partial charge in [-0.15, -0.1) is 0 Å². The van der Waals surface area contributed by atoms with Gasteiger partial charge in [0, 0.05) is 35.3 Å². The van der Waals surface area contributed by atoms with Gasteiger partial charge in [-0.3, -0.25) is 0 Å². The predicted octanol–water partition coefficient (Wildman–Crippen LogP) is 4.45. The number of amides is 2. The minimum Gasteiger partial charge on any atom is -0.334 e. The summed E-state index contributed by atoms with van der Waals surface area (Å²) < 4.78 is 2.00. The number of carbonyl (C=O) groups is 1. The molecule has 0 atom stereocenters. The molecule has 0 saturated carbocycles. The molecule has 0 aliphatic heterocycles. The Bertz CT molecular complexity index is 782. The number of carbonyl (C=O) groups excluding carboxylic acids is 1. The summed E-state index contributed by atoms with van der Waals surface area (Å²) in [6.07, 6.45) is 3.94. The number of benzene rings is 2. The van der Waals surface area contributed by atoms with Crippen molar-refractivity contribution in [1.82, 2.24) is 9.88 Å². The lowest BCUT2D eigenvalue weighted by molar-refractivity contribution is 0.251. The number of aromatic nitrogens is 1. The Hall–Kier alpha value is -2.72. The van der Waals surface area contributed by atoms with E-state index in [9.17, 15) is 4.79 Å². The molecule has 0 aliphatic rings. The average molecular weight is 326 g/mol. The van der Waals surface area contributed by atoms with Gasteiger partial charge in [0.1, 0.15) is 0 Å². The fourth-order valence-corrected chi connectivity index (χ4v) is 2.42. The van der Waals surface area contributed by atoms with Crippen molar-refractivity contribution in [3.63, 3.8) is 0 Å². The van der Waals surface area contributed by atoms with E-state index in [2.05, 4.69) is 10.6 Å². The lowest BCUT2D eigenvalue weighted by Crippen LogP contribution is -2.28. The van der Waals surface area contributed by atoms with E-state index >= 15 is 0 Å². The van der Waals surface area contributed by atoms with Crippen LogP contribution in [0.3, 0.4) is 0 Å². The van der Waals surface area contributed by atoms with Crippen LogP contribution < -0.4 is 10.6 Å². The molecule has 23 heavy (non-hydrogen) atoms. The molecule has 0 aliphatic carbocycles. The van der Waals surface area contributed by atoms with Crippen LogP contribution in [0, 0.1) is 0 Å². The third-order valence-electron chi connectivity index (χ3n) is 3.42. The third kappa shape index (κ3) is 3.93. The number of anilines is 1. The number of halogens is 1. The fourth-order valence-electron chi connectivity index (χ4n) is 2.22. The molecule has 0 saturated heterocycles.